The maximum Gasteiger partial charge on any atom is 0.122 e. The van der Waals surface area contributed by atoms with E-state index in [0.717, 1.165) is 43.4 Å². The molecule has 23 heavy (non-hydrogen) atoms. The van der Waals surface area contributed by atoms with Crippen LogP contribution >= 0.6 is 0 Å². The number of aliphatic hydroxyl groups is 1. The number of aryl methyl sites for hydroxylation is 2. The Kier molecular flexibility index (Phi) is 6.88. The summed E-state index contributed by atoms with van der Waals surface area (Å²) < 4.78 is 5.81. The molecule has 1 fully saturated rings. The molecule has 0 amide bonds. The highest BCUT2D eigenvalue weighted by Gasteiger charge is 2.20. The molecule has 1 saturated heterocycles. The molecule has 4 heteroatoms. The lowest BCUT2D eigenvalue weighted by atomic mass is 10.1. The van der Waals surface area contributed by atoms with E-state index >= 15 is 0 Å². The fourth-order valence-corrected chi connectivity index (χ4v) is 3.07. The van der Waals surface area contributed by atoms with Gasteiger partial charge in [0.25, 0.3) is 0 Å². The second kappa shape index (κ2) is 8.67. The van der Waals surface area contributed by atoms with Crippen molar-refractivity contribution in [3.63, 3.8) is 0 Å². The molecule has 0 aliphatic carbocycles. The Balaban J connectivity index is 1.71. The monoisotopic (exact) mass is 320 g/mol. The zero-order valence-corrected chi connectivity index (χ0v) is 15.1. The fourth-order valence-electron chi connectivity index (χ4n) is 3.07. The lowest BCUT2D eigenvalue weighted by molar-refractivity contribution is 0.0438. The molecule has 1 aliphatic rings. The molecule has 4 nitrogen and oxygen atoms in total. The van der Waals surface area contributed by atoms with Crippen LogP contribution in [-0.2, 0) is 0 Å². The Morgan fingerprint density at radius 2 is 1.65 bits per heavy atom. The van der Waals surface area contributed by atoms with Gasteiger partial charge < -0.3 is 14.7 Å². The third kappa shape index (κ3) is 6.13. The lowest BCUT2D eigenvalue weighted by Gasteiger charge is -2.36. The lowest BCUT2D eigenvalue weighted by Crippen LogP contribution is -2.49. The van der Waals surface area contributed by atoms with E-state index in [1.165, 1.54) is 12.1 Å². The van der Waals surface area contributed by atoms with Gasteiger partial charge in [-0.2, -0.15) is 0 Å². The van der Waals surface area contributed by atoms with Crippen molar-refractivity contribution in [2.45, 2.75) is 33.8 Å². The van der Waals surface area contributed by atoms with E-state index in [4.69, 9.17) is 4.74 Å². The van der Waals surface area contributed by atoms with E-state index in [-0.39, 0.29) is 0 Å². The summed E-state index contributed by atoms with van der Waals surface area (Å²) >= 11 is 0. The number of β-amino-alcohol motifs (C(OH)–C–C–N with tert-alkyl or cyclic N) is 1. The summed E-state index contributed by atoms with van der Waals surface area (Å²) in [6.45, 7) is 15.1. The van der Waals surface area contributed by atoms with Crippen molar-refractivity contribution in [3.8, 4) is 5.75 Å². The quantitative estimate of drug-likeness (QED) is 0.836. The van der Waals surface area contributed by atoms with Crippen LogP contribution in [0, 0.1) is 19.8 Å². The molecular formula is C19H32N2O2. The molecular weight excluding hydrogens is 288 g/mol. The summed E-state index contributed by atoms with van der Waals surface area (Å²) in [7, 11) is 0. The fraction of sp³-hybridized carbons (Fsp3) is 0.684. The first-order valence-electron chi connectivity index (χ1n) is 8.77. The van der Waals surface area contributed by atoms with Crippen LogP contribution in [0.4, 0.5) is 0 Å². The van der Waals surface area contributed by atoms with Crippen LogP contribution in [-0.4, -0.2) is 66.9 Å². The third-order valence-corrected chi connectivity index (χ3v) is 4.33. The molecule has 0 radical (unpaired) electrons. The van der Waals surface area contributed by atoms with Crippen LogP contribution in [0.25, 0.3) is 0 Å². The van der Waals surface area contributed by atoms with Crippen LogP contribution in [0.2, 0.25) is 0 Å². The first-order chi connectivity index (χ1) is 10.9. The van der Waals surface area contributed by atoms with Crippen molar-refractivity contribution >= 4 is 0 Å². The second-order valence-corrected chi connectivity index (χ2v) is 7.23. The smallest absolute Gasteiger partial charge is 0.122 e. The number of benzene rings is 1. The average Bonchev–Trinajstić information content (AvgIpc) is 2.50. The minimum Gasteiger partial charge on any atom is -0.491 e. The summed E-state index contributed by atoms with van der Waals surface area (Å²) in [4.78, 5) is 4.86. The van der Waals surface area contributed by atoms with E-state index in [1.807, 2.05) is 13.0 Å². The van der Waals surface area contributed by atoms with Gasteiger partial charge in [0.05, 0.1) is 0 Å². The van der Waals surface area contributed by atoms with Gasteiger partial charge in [-0.1, -0.05) is 26.0 Å². The Morgan fingerprint density at radius 1 is 1.04 bits per heavy atom. The largest absolute Gasteiger partial charge is 0.491 e. The Hall–Kier alpha value is -1.10. The van der Waals surface area contributed by atoms with E-state index in [0.29, 0.717) is 13.2 Å². The van der Waals surface area contributed by atoms with Gasteiger partial charge in [-0.3, -0.25) is 4.90 Å². The van der Waals surface area contributed by atoms with Crippen LogP contribution in [0.1, 0.15) is 25.0 Å². The third-order valence-electron chi connectivity index (χ3n) is 4.33. The van der Waals surface area contributed by atoms with Crippen molar-refractivity contribution in [3.05, 3.63) is 29.3 Å². The van der Waals surface area contributed by atoms with Crippen molar-refractivity contribution in [2.75, 3.05) is 45.9 Å². The topological polar surface area (TPSA) is 35.9 Å². The van der Waals surface area contributed by atoms with Gasteiger partial charge in [0.15, 0.2) is 0 Å². The van der Waals surface area contributed by atoms with Crippen LogP contribution in [0.5, 0.6) is 5.75 Å². The minimum atomic E-state index is -0.438. The maximum absolute atomic E-state index is 10.3. The zero-order chi connectivity index (χ0) is 16.8. The zero-order valence-electron chi connectivity index (χ0n) is 15.1. The molecule has 130 valence electrons. The molecule has 1 aromatic carbocycles. The van der Waals surface area contributed by atoms with Crippen LogP contribution in [0.3, 0.4) is 0 Å². The Labute approximate surface area is 141 Å². The van der Waals surface area contributed by atoms with E-state index in [9.17, 15) is 5.11 Å². The SMILES string of the molecule is Cc1ccc(C)c(OC[C@H](O)CN2CCN(CC(C)C)CC2)c1. The molecule has 1 aliphatic heterocycles. The summed E-state index contributed by atoms with van der Waals surface area (Å²) in [5.41, 5.74) is 2.30. The number of rotatable bonds is 7. The molecule has 0 aromatic heterocycles. The minimum absolute atomic E-state index is 0.358. The maximum atomic E-state index is 10.3. The summed E-state index contributed by atoms with van der Waals surface area (Å²) in [6.07, 6.45) is -0.438. The molecule has 1 heterocycles. The number of ether oxygens (including phenoxy) is 1. The molecule has 0 unspecified atom stereocenters. The summed E-state index contributed by atoms with van der Waals surface area (Å²) in [6, 6.07) is 6.17. The molecule has 1 N–H and O–H groups in total. The highest BCUT2D eigenvalue weighted by Crippen LogP contribution is 2.19. The van der Waals surface area contributed by atoms with Crippen LogP contribution in [0.15, 0.2) is 18.2 Å². The average molecular weight is 320 g/mol. The predicted octanol–water partition coefficient (Wildman–Crippen LogP) is 2.32. The molecule has 1 atom stereocenters. The van der Waals surface area contributed by atoms with E-state index in [2.05, 4.69) is 42.7 Å². The normalized spacial score (nSPS) is 18.3. The number of aliphatic hydroxyl groups excluding tert-OH is 1. The highest BCUT2D eigenvalue weighted by molar-refractivity contribution is 5.35. The molecule has 1 aromatic rings. The predicted molar refractivity (Wildman–Crippen MR) is 95.1 cm³/mol. The van der Waals surface area contributed by atoms with Crippen molar-refractivity contribution in [1.82, 2.24) is 9.80 Å². The van der Waals surface area contributed by atoms with Crippen molar-refractivity contribution in [1.29, 1.82) is 0 Å². The van der Waals surface area contributed by atoms with Crippen LogP contribution < -0.4 is 4.74 Å². The first kappa shape index (κ1) is 18.2. The Bertz CT molecular complexity index is 482. The highest BCUT2D eigenvalue weighted by atomic mass is 16.5. The van der Waals surface area contributed by atoms with Crippen molar-refractivity contribution < 1.29 is 9.84 Å². The molecule has 0 saturated carbocycles. The van der Waals surface area contributed by atoms with Gasteiger partial charge in [0.1, 0.15) is 18.5 Å². The van der Waals surface area contributed by atoms with Crippen molar-refractivity contribution in [2.24, 2.45) is 5.92 Å². The van der Waals surface area contributed by atoms with Gasteiger partial charge in [-0.05, 0) is 37.0 Å². The van der Waals surface area contributed by atoms with Gasteiger partial charge >= 0.3 is 0 Å². The number of hydrogen-bond acceptors (Lipinski definition) is 4. The molecule has 0 spiro atoms. The van der Waals surface area contributed by atoms with Gasteiger partial charge in [0, 0.05) is 39.3 Å². The second-order valence-electron chi connectivity index (χ2n) is 7.23. The summed E-state index contributed by atoms with van der Waals surface area (Å²) in [5, 5.41) is 10.3. The molecule has 2 rings (SSSR count). The van der Waals surface area contributed by atoms with Gasteiger partial charge in [0.2, 0.25) is 0 Å². The van der Waals surface area contributed by atoms with Gasteiger partial charge in [-0.25, -0.2) is 0 Å². The van der Waals surface area contributed by atoms with Gasteiger partial charge in [-0.15, -0.1) is 0 Å². The standard InChI is InChI=1S/C19H32N2O2/c1-15(2)12-20-7-9-21(10-8-20)13-18(22)14-23-19-11-16(3)5-6-17(19)4/h5-6,11,15,18,22H,7-10,12-14H2,1-4H3/t18-/m1/s1. The Morgan fingerprint density at radius 3 is 2.26 bits per heavy atom. The first-order valence-corrected chi connectivity index (χ1v) is 8.77. The number of piperazine rings is 1. The molecule has 0 bridgehead atoms. The number of hydrogen-bond donors (Lipinski definition) is 1. The van der Waals surface area contributed by atoms with E-state index < -0.39 is 6.10 Å². The number of nitrogens with zero attached hydrogens (tertiary/aromatic N) is 2. The van der Waals surface area contributed by atoms with E-state index in [1.54, 1.807) is 0 Å². The summed E-state index contributed by atoms with van der Waals surface area (Å²) in [5.74, 6) is 1.60.